The number of benzene rings is 1. The number of hydrogen-bond donors (Lipinski definition) is 1. The van der Waals surface area contributed by atoms with Crippen molar-refractivity contribution in [3.63, 3.8) is 0 Å². The molecule has 1 nitrogen and oxygen atoms in total. The summed E-state index contributed by atoms with van der Waals surface area (Å²) in [5, 5.41) is 8.53. The fraction of sp³-hybridized carbons (Fsp3) is 0.333. The molecule has 0 saturated carbocycles. The quantitative estimate of drug-likeness (QED) is 0.655. The Labute approximate surface area is 80.7 Å². The third-order valence-corrected chi connectivity index (χ3v) is 1.65. The molecule has 0 aliphatic rings. The lowest BCUT2D eigenvalue weighted by molar-refractivity contribution is 0.232. The second kappa shape index (κ2) is 6.44. The molecule has 72 valence electrons. The van der Waals surface area contributed by atoms with Crippen LogP contribution in [0.3, 0.4) is 0 Å². The molecular formula is C12H18O. The molecule has 1 aromatic rings. The van der Waals surface area contributed by atoms with Gasteiger partial charge in [0.2, 0.25) is 0 Å². The fourth-order valence-corrected chi connectivity index (χ4v) is 0.534. The molecule has 0 radical (unpaired) electrons. The molecule has 0 fully saturated rings. The summed E-state index contributed by atoms with van der Waals surface area (Å²) >= 11 is 0. The standard InChI is InChI=1S/C7H8.C5H10O/c1-7-5-3-2-4-6-7;1-4(2)5(3)6/h2-6H,1H3;5-6H,1H2,2-3H3. The van der Waals surface area contributed by atoms with E-state index in [1.807, 2.05) is 18.2 Å². The molecule has 1 unspecified atom stereocenters. The van der Waals surface area contributed by atoms with Gasteiger partial charge in [-0.15, -0.1) is 0 Å². The Morgan fingerprint density at radius 2 is 1.69 bits per heavy atom. The topological polar surface area (TPSA) is 20.2 Å². The fourth-order valence-electron chi connectivity index (χ4n) is 0.534. The first-order valence-electron chi connectivity index (χ1n) is 4.39. The van der Waals surface area contributed by atoms with Gasteiger partial charge in [0, 0.05) is 0 Å². The summed E-state index contributed by atoms with van der Waals surface area (Å²) < 4.78 is 0. The molecule has 13 heavy (non-hydrogen) atoms. The maximum atomic E-state index is 8.53. The van der Waals surface area contributed by atoms with Gasteiger partial charge in [-0.3, -0.25) is 0 Å². The Morgan fingerprint density at radius 3 is 1.85 bits per heavy atom. The minimum absolute atomic E-state index is 0.343. The zero-order valence-corrected chi connectivity index (χ0v) is 8.62. The Balaban J connectivity index is 0.000000226. The second-order valence-corrected chi connectivity index (χ2v) is 3.18. The molecule has 0 spiro atoms. The second-order valence-electron chi connectivity index (χ2n) is 3.18. The number of aryl methyl sites for hydroxylation is 1. The first-order valence-corrected chi connectivity index (χ1v) is 4.39. The number of hydrogen-bond acceptors (Lipinski definition) is 1. The number of rotatable bonds is 1. The minimum atomic E-state index is -0.343. The largest absolute Gasteiger partial charge is 0.389 e. The van der Waals surface area contributed by atoms with Gasteiger partial charge in [0.25, 0.3) is 0 Å². The van der Waals surface area contributed by atoms with Crippen molar-refractivity contribution < 1.29 is 5.11 Å². The first-order chi connectivity index (χ1) is 6.04. The predicted octanol–water partition coefficient (Wildman–Crippen LogP) is 2.94. The van der Waals surface area contributed by atoms with Gasteiger partial charge < -0.3 is 5.11 Å². The van der Waals surface area contributed by atoms with Gasteiger partial charge in [0.05, 0.1) is 6.10 Å². The van der Waals surface area contributed by atoms with Crippen molar-refractivity contribution in [2.75, 3.05) is 0 Å². The van der Waals surface area contributed by atoms with Gasteiger partial charge in [-0.25, -0.2) is 0 Å². The van der Waals surface area contributed by atoms with Crippen molar-refractivity contribution in [2.24, 2.45) is 0 Å². The predicted molar refractivity (Wildman–Crippen MR) is 57.7 cm³/mol. The van der Waals surface area contributed by atoms with E-state index < -0.39 is 0 Å². The summed E-state index contributed by atoms with van der Waals surface area (Å²) in [4.78, 5) is 0. The Kier molecular flexibility index (Phi) is 5.90. The number of aliphatic hydroxyl groups is 1. The Bertz CT molecular complexity index is 237. The lowest BCUT2D eigenvalue weighted by Gasteiger charge is -1.97. The molecule has 0 aliphatic carbocycles. The molecular weight excluding hydrogens is 160 g/mol. The molecule has 0 heterocycles. The highest BCUT2D eigenvalue weighted by Gasteiger charge is 1.89. The minimum Gasteiger partial charge on any atom is -0.389 e. The zero-order valence-electron chi connectivity index (χ0n) is 8.62. The van der Waals surface area contributed by atoms with E-state index in [0.29, 0.717) is 0 Å². The van der Waals surface area contributed by atoms with Gasteiger partial charge in [-0.05, 0) is 20.8 Å². The number of aliphatic hydroxyl groups excluding tert-OH is 1. The Hall–Kier alpha value is -1.08. The molecule has 1 atom stereocenters. The van der Waals surface area contributed by atoms with Crippen LogP contribution in [0.5, 0.6) is 0 Å². The summed E-state index contributed by atoms with van der Waals surface area (Å²) in [6, 6.07) is 10.3. The molecule has 0 amide bonds. The highest BCUT2D eigenvalue weighted by atomic mass is 16.3. The van der Waals surface area contributed by atoms with Gasteiger partial charge in [0.15, 0.2) is 0 Å². The van der Waals surface area contributed by atoms with E-state index in [1.54, 1.807) is 13.8 Å². The highest BCUT2D eigenvalue weighted by molar-refractivity contribution is 5.11. The third-order valence-electron chi connectivity index (χ3n) is 1.65. The van der Waals surface area contributed by atoms with Gasteiger partial charge in [-0.2, -0.15) is 0 Å². The lowest BCUT2D eigenvalue weighted by atomic mass is 10.2. The van der Waals surface area contributed by atoms with Crippen LogP contribution in [0.4, 0.5) is 0 Å². The summed E-state index contributed by atoms with van der Waals surface area (Å²) in [7, 11) is 0. The van der Waals surface area contributed by atoms with Crippen LogP contribution in [0.1, 0.15) is 19.4 Å². The van der Waals surface area contributed by atoms with E-state index in [9.17, 15) is 0 Å². The Morgan fingerprint density at radius 1 is 1.31 bits per heavy atom. The molecule has 1 aromatic carbocycles. The van der Waals surface area contributed by atoms with E-state index in [1.165, 1.54) is 5.56 Å². The van der Waals surface area contributed by atoms with Crippen LogP contribution in [0.15, 0.2) is 42.5 Å². The summed E-state index contributed by atoms with van der Waals surface area (Å²) in [6.07, 6.45) is -0.343. The van der Waals surface area contributed by atoms with Crippen molar-refractivity contribution in [1.29, 1.82) is 0 Å². The van der Waals surface area contributed by atoms with E-state index in [4.69, 9.17) is 5.11 Å². The van der Waals surface area contributed by atoms with Crippen LogP contribution in [0, 0.1) is 6.92 Å². The molecule has 0 aliphatic heterocycles. The lowest BCUT2D eigenvalue weighted by Crippen LogP contribution is -1.97. The van der Waals surface area contributed by atoms with Crippen molar-refractivity contribution in [2.45, 2.75) is 26.9 Å². The summed E-state index contributed by atoms with van der Waals surface area (Å²) in [6.45, 7) is 9.08. The van der Waals surface area contributed by atoms with E-state index in [2.05, 4.69) is 25.6 Å². The summed E-state index contributed by atoms with van der Waals surface area (Å²) in [5.74, 6) is 0. The van der Waals surface area contributed by atoms with Gasteiger partial charge in [-0.1, -0.05) is 48.0 Å². The summed E-state index contributed by atoms with van der Waals surface area (Å²) in [5.41, 5.74) is 2.14. The molecule has 1 heteroatoms. The van der Waals surface area contributed by atoms with Crippen molar-refractivity contribution in [1.82, 2.24) is 0 Å². The highest BCUT2D eigenvalue weighted by Crippen LogP contribution is 1.92. The van der Waals surface area contributed by atoms with Crippen LogP contribution in [-0.4, -0.2) is 11.2 Å². The van der Waals surface area contributed by atoms with Crippen LogP contribution < -0.4 is 0 Å². The van der Waals surface area contributed by atoms with E-state index in [-0.39, 0.29) is 6.10 Å². The van der Waals surface area contributed by atoms with Crippen LogP contribution in [0.25, 0.3) is 0 Å². The first kappa shape index (κ1) is 11.9. The molecule has 0 saturated heterocycles. The van der Waals surface area contributed by atoms with E-state index in [0.717, 1.165) is 5.57 Å². The average Bonchev–Trinajstić information content (AvgIpc) is 2.06. The normalized spacial score (nSPS) is 11.1. The zero-order chi connectivity index (χ0) is 10.3. The maximum absolute atomic E-state index is 8.53. The van der Waals surface area contributed by atoms with Crippen LogP contribution in [-0.2, 0) is 0 Å². The third kappa shape index (κ3) is 7.29. The molecule has 1 N–H and O–H groups in total. The average molecular weight is 178 g/mol. The SMILES string of the molecule is C=C(C)C(C)O.Cc1ccccc1. The van der Waals surface area contributed by atoms with Gasteiger partial charge in [0.1, 0.15) is 0 Å². The monoisotopic (exact) mass is 178 g/mol. The van der Waals surface area contributed by atoms with Gasteiger partial charge >= 0.3 is 0 Å². The van der Waals surface area contributed by atoms with Crippen molar-refractivity contribution in [3.05, 3.63) is 48.0 Å². The van der Waals surface area contributed by atoms with Crippen molar-refractivity contribution in [3.8, 4) is 0 Å². The smallest absolute Gasteiger partial charge is 0.0716 e. The molecule has 0 bridgehead atoms. The van der Waals surface area contributed by atoms with Crippen molar-refractivity contribution >= 4 is 0 Å². The maximum Gasteiger partial charge on any atom is 0.0716 e. The van der Waals surface area contributed by atoms with Crippen LogP contribution >= 0.6 is 0 Å². The van der Waals surface area contributed by atoms with Crippen LogP contribution in [0.2, 0.25) is 0 Å². The molecule has 0 aromatic heterocycles. The van der Waals surface area contributed by atoms with E-state index >= 15 is 0 Å². The molecule has 1 rings (SSSR count).